The lowest BCUT2D eigenvalue weighted by atomic mass is 10.1. The topological polar surface area (TPSA) is 81.2 Å². The normalized spacial score (nSPS) is 11.6. The first-order valence-electron chi connectivity index (χ1n) is 5.33. The van der Waals surface area contributed by atoms with Gasteiger partial charge in [0.2, 0.25) is 0 Å². The van der Waals surface area contributed by atoms with Gasteiger partial charge in [0, 0.05) is 23.9 Å². The van der Waals surface area contributed by atoms with Gasteiger partial charge in [-0.1, -0.05) is 0 Å². The fraction of sp³-hybridized carbons (Fsp3) is 0.182. The average Bonchev–Trinajstić information content (AvgIpc) is 2.87. The summed E-state index contributed by atoms with van der Waals surface area (Å²) < 4.78 is 38.3. The molecule has 2 rings (SSSR count). The average molecular weight is 287 g/mol. The highest BCUT2D eigenvalue weighted by Gasteiger charge is 2.32. The summed E-state index contributed by atoms with van der Waals surface area (Å²) in [5.41, 5.74) is -0.953. The van der Waals surface area contributed by atoms with Crippen LogP contribution in [0.1, 0.15) is 11.1 Å². The van der Waals surface area contributed by atoms with Crippen LogP contribution >= 0.6 is 0 Å². The molecule has 6 nitrogen and oxygen atoms in total. The standard InChI is InChI=1S/C11H8F3N3O3/c12-11(13,14)8-4-15-16(5-8)10-2-1-9(17(19)20)3-7(10)6-18/h1-5,18H,6H2. The van der Waals surface area contributed by atoms with Crippen LogP contribution in [0.5, 0.6) is 0 Å². The molecule has 106 valence electrons. The molecule has 1 N–H and O–H groups in total. The zero-order valence-corrected chi connectivity index (χ0v) is 9.83. The molecule has 0 radical (unpaired) electrons. The van der Waals surface area contributed by atoms with Crippen LogP contribution in [0.15, 0.2) is 30.6 Å². The summed E-state index contributed by atoms with van der Waals surface area (Å²) in [5.74, 6) is 0. The van der Waals surface area contributed by atoms with E-state index in [0.717, 1.165) is 23.0 Å². The number of hydrogen-bond donors (Lipinski definition) is 1. The minimum atomic E-state index is -4.53. The number of nitrogens with zero attached hydrogens (tertiary/aromatic N) is 3. The second-order valence-corrected chi connectivity index (χ2v) is 3.90. The fourth-order valence-electron chi connectivity index (χ4n) is 1.64. The second-order valence-electron chi connectivity index (χ2n) is 3.90. The molecular weight excluding hydrogens is 279 g/mol. The van der Waals surface area contributed by atoms with Crippen molar-refractivity contribution >= 4 is 5.69 Å². The van der Waals surface area contributed by atoms with E-state index < -0.39 is 23.3 Å². The highest BCUT2D eigenvalue weighted by Crippen LogP contribution is 2.30. The molecule has 0 saturated carbocycles. The number of non-ortho nitro benzene ring substituents is 1. The number of halogens is 3. The van der Waals surface area contributed by atoms with Gasteiger partial charge in [-0.15, -0.1) is 0 Å². The number of benzene rings is 1. The van der Waals surface area contributed by atoms with Gasteiger partial charge in [-0.3, -0.25) is 10.1 Å². The lowest BCUT2D eigenvalue weighted by molar-refractivity contribution is -0.384. The molecule has 0 bridgehead atoms. The van der Waals surface area contributed by atoms with Crippen LogP contribution in [0.25, 0.3) is 5.69 Å². The molecule has 0 atom stereocenters. The van der Waals surface area contributed by atoms with E-state index in [2.05, 4.69) is 5.10 Å². The number of alkyl halides is 3. The summed E-state index contributed by atoms with van der Waals surface area (Å²) in [5, 5.41) is 23.3. The summed E-state index contributed by atoms with van der Waals surface area (Å²) in [4.78, 5) is 9.95. The molecular formula is C11H8F3N3O3. The Morgan fingerprint density at radius 1 is 1.40 bits per heavy atom. The fourth-order valence-corrected chi connectivity index (χ4v) is 1.64. The summed E-state index contributed by atoms with van der Waals surface area (Å²) in [7, 11) is 0. The number of hydrogen-bond acceptors (Lipinski definition) is 4. The maximum absolute atomic E-state index is 12.5. The van der Waals surface area contributed by atoms with Gasteiger partial charge in [-0.25, -0.2) is 4.68 Å². The Balaban J connectivity index is 2.47. The first kappa shape index (κ1) is 14.0. The van der Waals surface area contributed by atoms with Crippen LogP contribution in [-0.2, 0) is 12.8 Å². The third kappa shape index (κ3) is 2.62. The predicted molar refractivity (Wildman–Crippen MR) is 61.1 cm³/mol. The molecule has 1 heterocycles. The third-order valence-electron chi connectivity index (χ3n) is 2.60. The number of aromatic nitrogens is 2. The molecule has 0 aliphatic heterocycles. The van der Waals surface area contributed by atoms with Crippen LogP contribution in [0, 0.1) is 10.1 Å². The lowest BCUT2D eigenvalue weighted by Crippen LogP contribution is -2.04. The van der Waals surface area contributed by atoms with E-state index >= 15 is 0 Å². The lowest BCUT2D eigenvalue weighted by Gasteiger charge is -2.07. The zero-order valence-electron chi connectivity index (χ0n) is 9.83. The van der Waals surface area contributed by atoms with E-state index in [9.17, 15) is 23.3 Å². The van der Waals surface area contributed by atoms with Crippen molar-refractivity contribution in [3.05, 3.63) is 51.8 Å². The van der Waals surface area contributed by atoms with Crippen LogP contribution in [0.4, 0.5) is 18.9 Å². The van der Waals surface area contributed by atoms with Crippen molar-refractivity contribution in [3.8, 4) is 5.69 Å². The number of nitro groups is 1. The smallest absolute Gasteiger partial charge is 0.392 e. The molecule has 0 aliphatic rings. The van der Waals surface area contributed by atoms with Gasteiger partial charge in [0.15, 0.2) is 0 Å². The molecule has 1 aromatic heterocycles. The Bertz CT molecular complexity index is 652. The van der Waals surface area contributed by atoms with E-state index in [1.807, 2.05) is 0 Å². The number of nitro benzene ring substituents is 1. The molecule has 0 amide bonds. The highest BCUT2D eigenvalue weighted by molar-refractivity contribution is 5.48. The van der Waals surface area contributed by atoms with E-state index in [-0.39, 0.29) is 16.9 Å². The molecule has 20 heavy (non-hydrogen) atoms. The van der Waals surface area contributed by atoms with Gasteiger partial charge in [-0.05, 0) is 6.07 Å². The summed E-state index contributed by atoms with van der Waals surface area (Å²) in [6.45, 7) is -0.557. The molecule has 1 aromatic carbocycles. The van der Waals surface area contributed by atoms with Crippen molar-refractivity contribution in [1.29, 1.82) is 0 Å². The van der Waals surface area contributed by atoms with E-state index in [1.165, 1.54) is 6.07 Å². The van der Waals surface area contributed by atoms with Crippen molar-refractivity contribution in [1.82, 2.24) is 9.78 Å². The largest absolute Gasteiger partial charge is 0.419 e. The summed E-state index contributed by atoms with van der Waals surface area (Å²) in [6, 6.07) is 3.45. The van der Waals surface area contributed by atoms with Gasteiger partial charge in [0.1, 0.15) is 0 Å². The number of rotatable bonds is 3. The Labute approximate surface area is 110 Å². The van der Waals surface area contributed by atoms with E-state index in [1.54, 1.807) is 0 Å². The quantitative estimate of drug-likeness (QED) is 0.693. The zero-order chi connectivity index (χ0) is 14.9. The minimum absolute atomic E-state index is 0.107. The Morgan fingerprint density at radius 3 is 2.60 bits per heavy atom. The van der Waals surface area contributed by atoms with Crippen LogP contribution in [0.2, 0.25) is 0 Å². The molecule has 9 heteroatoms. The van der Waals surface area contributed by atoms with Crippen molar-refractivity contribution in [2.45, 2.75) is 12.8 Å². The molecule has 0 aliphatic carbocycles. The van der Waals surface area contributed by atoms with Crippen LogP contribution in [-0.4, -0.2) is 19.8 Å². The van der Waals surface area contributed by atoms with E-state index in [0.29, 0.717) is 6.20 Å². The van der Waals surface area contributed by atoms with E-state index in [4.69, 9.17) is 5.11 Å². The SMILES string of the molecule is O=[N+]([O-])c1ccc(-n2cc(C(F)(F)F)cn2)c(CO)c1. The second kappa shape index (κ2) is 4.93. The number of aliphatic hydroxyl groups is 1. The van der Waals surface area contributed by atoms with Crippen molar-refractivity contribution in [2.24, 2.45) is 0 Å². The predicted octanol–water partition coefficient (Wildman–Crippen LogP) is 2.29. The van der Waals surface area contributed by atoms with Crippen molar-refractivity contribution < 1.29 is 23.2 Å². The highest BCUT2D eigenvalue weighted by atomic mass is 19.4. The first-order valence-corrected chi connectivity index (χ1v) is 5.33. The minimum Gasteiger partial charge on any atom is -0.392 e. The van der Waals surface area contributed by atoms with Gasteiger partial charge in [-0.2, -0.15) is 18.3 Å². The maximum atomic E-state index is 12.5. The maximum Gasteiger partial charge on any atom is 0.419 e. The Kier molecular flexibility index (Phi) is 3.45. The molecule has 0 fully saturated rings. The van der Waals surface area contributed by atoms with Crippen molar-refractivity contribution in [3.63, 3.8) is 0 Å². The third-order valence-corrected chi connectivity index (χ3v) is 2.60. The number of aliphatic hydroxyl groups excluding tert-OH is 1. The molecule has 0 spiro atoms. The summed E-state index contributed by atoms with van der Waals surface area (Å²) in [6.07, 6.45) is -3.14. The van der Waals surface area contributed by atoms with Gasteiger partial charge >= 0.3 is 6.18 Å². The Hall–Kier alpha value is -2.42. The van der Waals surface area contributed by atoms with Gasteiger partial charge in [0.25, 0.3) is 5.69 Å². The van der Waals surface area contributed by atoms with Gasteiger partial charge < -0.3 is 5.11 Å². The first-order chi connectivity index (χ1) is 9.32. The summed E-state index contributed by atoms with van der Waals surface area (Å²) >= 11 is 0. The molecule has 0 saturated heterocycles. The van der Waals surface area contributed by atoms with Crippen LogP contribution < -0.4 is 0 Å². The van der Waals surface area contributed by atoms with Crippen molar-refractivity contribution in [2.75, 3.05) is 0 Å². The van der Waals surface area contributed by atoms with Gasteiger partial charge in [0.05, 0.1) is 29.0 Å². The molecule has 0 unspecified atom stereocenters. The molecule has 2 aromatic rings. The Morgan fingerprint density at radius 2 is 2.10 bits per heavy atom. The van der Waals surface area contributed by atoms with Crippen LogP contribution in [0.3, 0.4) is 0 Å². The monoisotopic (exact) mass is 287 g/mol.